The number of alkyl halides is 3. The predicted molar refractivity (Wildman–Crippen MR) is 110 cm³/mol. The Morgan fingerprint density at radius 1 is 1.17 bits per heavy atom. The zero-order chi connectivity index (χ0) is 21.7. The van der Waals surface area contributed by atoms with Crippen molar-refractivity contribution in [3.8, 4) is 0 Å². The Balaban J connectivity index is 1.67. The third-order valence-corrected chi connectivity index (χ3v) is 5.82. The van der Waals surface area contributed by atoms with Crippen LogP contribution in [0, 0.1) is 17.8 Å². The number of carbonyl (C=O) groups is 1. The lowest BCUT2D eigenvalue weighted by Gasteiger charge is -2.24. The van der Waals surface area contributed by atoms with E-state index in [1.807, 2.05) is 56.3 Å². The Bertz CT molecular complexity index is 811. The molecule has 1 amide bonds. The monoisotopic (exact) mass is 419 g/mol. The van der Waals surface area contributed by atoms with E-state index >= 15 is 0 Å². The minimum absolute atomic E-state index is 0.00573. The SMILES string of the molecule is CC(C)[C@H](CNC(=O)[C@H]1CN(Cc2ccccc2)C[C@H]1C(F)(F)F)c1cccnc1. The molecule has 30 heavy (non-hydrogen) atoms. The molecule has 0 unspecified atom stereocenters. The van der Waals surface area contributed by atoms with Crippen LogP contribution in [0.1, 0.15) is 30.9 Å². The highest BCUT2D eigenvalue weighted by Gasteiger charge is 2.52. The topological polar surface area (TPSA) is 45.2 Å². The van der Waals surface area contributed by atoms with Gasteiger partial charge >= 0.3 is 6.18 Å². The fourth-order valence-electron chi connectivity index (χ4n) is 4.13. The molecule has 162 valence electrons. The fraction of sp³-hybridized carbons (Fsp3) is 0.478. The van der Waals surface area contributed by atoms with E-state index in [4.69, 9.17) is 0 Å². The van der Waals surface area contributed by atoms with Crippen molar-refractivity contribution in [2.75, 3.05) is 19.6 Å². The Morgan fingerprint density at radius 3 is 2.50 bits per heavy atom. The van der Waals surface area contributed by atoms with Gasteiger partial charge in [-0.1, -0.05) is 50.2 Å². The summed E-state index contributed by atoms with van der Waals surface area (Å²) in [5, 5.41) is 2.80. The second-order valence-electron chi connectivity index (χ2n) is 8.32. The van der Waals surface area contributed by atoms with Crippen LogP contribution < -0.4 is 5.32 Å². The molecule has 7 heteroatoms. The summed E-state index contributed by atoms with van der Waals surface area (Å²) in [5.74, 6) is -3.07. The number of likely N-dealkylation sites (tertiary alicyclic amines) is 1. The first kappa shape index (κ1) is 22.3. The number of hydrogen-bond acceptors (Lipinski definition) is 3. The second kappa shape index (κ2) is 9.60. The fourth-order valence-corrected chi connectivity index (χ4v) is 4.13. The van der Waals surface area contributed by atoms with Crippen molar-refractivity contribution in [3.63, 3.8) is 0 Å². The molecule has 0 aliphatic carbocycles. The first-order valence-corrected chi connectivity index (χ1v) is 10.3. The normalized spacial score (nSPS) is 21.0. The summed E-state index contributed by atoms with van der Waals surface area (Å²) in [5.41, 5.74) is 1.91. The van der Waals surface area contributed by atoms with Gasteiger partial charge in [0.1, 0.15) is 0 Å². The van der Waals surface area contributed by atoms with Gasteiger partial charge in [0, 0.05) is 44.5 Å². The van der Waals surface area contributed by atoms with Crippen LogP contribution >= 0.6 is 0 Å². The van der Waals surface area contributed by atoms with Gasteiger partial charge in [0.2, 0.25) is 5.91 Å². The molecule has 0 radical (unpaired) electrons. The molecular weight excluding hydrogens is 391 g/mol. The van der Waals surface area contributed by atoms with Crippen molar-refractivity contribution >= 4 is 5.91 Å². The van der Waals surface area contributed by atoms with Crippen LogP contribution in [0.5, 0.6) is 0 Å². The number of pyridine rings is 1. The van der Waals surface area contributed by atoms with Crippen molar-refractivity contribution < 1.29 is 18.0 Å². The smallest absolute Gasteiger partial charge is 0.355 e. The molecule has 0 saturated carbocycles. The maximum atomic E-state index is 13.7. The number of nitrogens with one attached hydrogen (secondary N) is 1. The molecule has 3 atom stereocenters. The highest BCUT2D eigenvalue weighted by molar-refractivity contribution is 5.79. The average molecular weight is 419 g/mol. The molecule has 1 saturated heterocycles. The van der Waals surface area contributed by atoms with Gasteiger partial charge in [0.25, 0.3) is 0 Å². The molecule has 0 bridgehead atoms. The summed E-state index contributed by atoms with van der Waals surface area (Å²) in [7, 11) is 0. The Morgan fingerprint density at radius 2 is 1.90 bits per heavy atom. The molecule has 1 fully saturated rings. The molecule has 1 aromatic heterocycles. The van der Waals surface area contributed by atoms with Crippen molar-refractivity contribution in [1.82, 2.24) is 15.2 Å². The van der Waals surface area contributed by atoms with Gasteiger partial charge in [0.05, 0.1) is 11.8 Å². The number of rotatable bonds is 7. The van der Waals surface area contributed by atoms with E-state index < -0.39 is 23.9 Å². The van der Waals surface area contributed by atoms with Crippen LogP contribution in [0.4, 0.5) is 13.2 Å². The predicted octanol–water partition coefficient (Wildman–Crippen LogP) is 4.25. The lowest BCUT2D eigenvalue weighted by Crippen LogP contribution is -2.41. The van der Waals surface area contributed by atoms with Gasteiger partial charge in [-0.2, -0.15) is 13.2 Å². The Labute approximate surface area is 175 Å². The highest BCUT2D eigenvalue weighted by atomic mass is 19.4. The van der Waals surface area contributed by atoms with Gasteiger partial charge < -0.3 is 5.32 Å². The number of aromatic nitrogens is 1. The zero-order valence-electron chi connectivity index (χ0n) is 17.3. The van der Waals surface area contributed by atoms with E-state index in [1.54, 1.807) is 17.3 Å². The number of carbonyl (C=O) groups excluding carboxylic acids is 1. The van der Waals surface area contributed by atoms with Crippen LogP contribution in [0.15, 0.2) is 54.9 Å². The maximum absolute atomic E-state index is 13.7. The van der Waals surface area contributed by atoms with Crippen LogP contribution in [0.25, 0.3) is 0 Å². The minimum atomic E-state index is -4.41. The first-order valence-electron chi connectivity index (χ1n) is 10.3. The number of halogens is 3. The van der Waals surface area contributed by atoms with Crippen molar-refractivity contribution in [2.24, 2.45) is 17.8 Å². The average Bonchev–Trinajstić information content (AvgIpc) is 3.14. The van der Waals surface area contributed by atoms with Gasteiger partial charge in [0.15, 0.2) is 0 Å². The largest absolute Gasteiger partial charge is 0.393 e. The minimum Gasteiger partial charge on any atom is -0.355 e. The standard InChI is InChI=1S/C23H28F3N3O/c1-16(2)19(18-9-6-10-27-11-18)12-28-22(30)20-14-29(15-21(20)23(24,25)26)13-17-7-4-3-5-8-17/h3-11,16,19-21H,12-15H2,1-2H3,(H,28,30)/t19-,20-,21+/m0/s1. The van der Waals surface area contributed by atoms with Crippen LogP contribution in [-0.4, -0.2) is 41.6 Å². The van der Waals surface area contributed by atoms with Crippen molar-refractivity contribution in [3.05, 3.63) is 66.0 Å². The van der Waals surface area contributed by atoms with Crippen LogP contribution in [-0.2, 0) is 11.3 Å². The van der Waals surface area contributed by atoms with Gasteiger partial charge in [-0.3, -0.25) is 14.7 Å². The van der Waals surface area contributed by atoms with E-state index in [-0.39, 0.29) is 24.9 Å². The van der Waals surface area contributed by atoms with E-state index in [0.717, 1.165) is 11.1 Å². The maximum Gasteiger partial charge on any atom is 0.393 e. The molecule has 3 rings (SSSR count). The molecule has 1 aliphatic rings. The molecule has 2 aromatic rings. The molecular formula is C23H28F3N3O. The van der Waals surface area contributed by atoms with E-state index in [1.165, 1.54) is 0 Å². The summed E-state index contributed by atoms with van der Waals surface area (Å²) >= 11 is 0. The molecule has 0 spiro atoms. The molecule has 4 nitrogen and oxygen atoms in total. The third kappa shape index (κ3) is 5.59. The highest BCUT2D eigenvalue weighted by Crippen LogP contribution is 2.38. The van der Waals surface area contributed by atoms with Crippen molar-refractivity contribution in [2.45, 2.75) is 32.5 Å². The van der Waals surface area contributed by atoms with E-state index in [2.05, 4.69) is 10.3 Å². The van der Waals surface area contributed by atoms with Gasteiger partial charge in [-0.25, -0.2) is 0 Å². The molecule has 1 aliphatic heterocycles. The van der Waals surface area contributed by atoms with Gasteiger partial charge in [-0.05, 0) is 23.1 Å². The molecule has 1 N–H and O–H groups in total. The Hall–Kier alpha value is -2.41. The number of nitrogens with zero attached hydrogens (tertiary/aromatic N) is 2. The number of benzene rings is 1. The van der Waals surface area contributed by atoms with Crippen LogP contribution in [0.3, 0.4) is 0 Å². The van der Waals surface area contributed by atoms with E-state index in [0.29, 0.717) is 13.1 Å². The van der Waals surface area contributed by atoms with Crippen LogP contribution in [0.2, 0.25) is 0 Å². The molecule has 1 aromatic carbocycles. The third-order valence-electron chi connectivity index (χ3n) is 5.82. The van der Waals surface area contributed by atoms with Crippen molar-refractivity contribution in [1.29, 1.82) is 0 Å². The lowest BCUT2D eigenvalue weighted by atomic mass is 9.88. The summed E-state index contributed by atoms with van der Waals surface area (Å²) in [6.45, 7) is 4.69. The summed E-state index contributed by atoms with van der Waals surface area (Å²) < 4.78 is 41.0. The summed E-state index contributed by atoms with van der Waals surface area (Å²) in [6, 6.07) is 13.1. The number of hydrogen-bond donors (Lipinski definition) is 1. The second-order valence-corrected chi connectivity index (χ2v) is 8.32. The van der Waals surface area contributed by atoms with E-state index in [9.17, 15) is 18.0 Å². The Kier molecular flexibility index (Phi) is 7.13. The first-order chi connectivity index (χ1) is 14.3. The lowest BCUT2D eigenvalue weighted by molar-refractivity contribution is -0.183. The summed E-state index contributed by atoms with van der Waals surface area (Å²) in [4.78, 5) is 18.6. The van der Waals surface area contributed by atoms with Gasteiger partial charge in [-0.15, -0.1) is 0 Å². The number of amides is 1. The zero-order valence-corrected chi connectivity index (χ0v) is 17.3. The summed E-state index contributed by atoms with van der Waals surface area (Å²) in [6.07, 6.45) is -0.992. The molecule has 2 heterocycles. The quantitative estimate of drug-likeness (QED) is 0.730.